The Balaban J connectivity index is 2.75. The van der Waals surface area contributed by atoms with Gasteiger partial charge < -0.3 is 15.9 Å². The minimum atomic E-state index is 0.0977. The molecule has 0 unspecified atom stereocenters. The average Bonchev–Trinajstić information content (AvgIpc) is 2.47. The topological polar surface area (TPSA) is 91.0 Å². The Bertz CT molecular complexity index is 453. The summed E-state index contributed by atoms with van der Waals surface area (Å²) in [6, 6.07) is 1.71. The van der Waals surface area contributed by atoms with Crippen LogP contribution in [-0.2, 0) is 5.88 Å². The molecule has 0 radical (unpaired) electrons. The number of furan rings is 1. The largest absolute Gasteiger partial charge is 0.441 e. The summed E-state index contributed by atoms with van der Waals surface area (Å²) in [7, 11) is 0. The van der Waals surface area contributed by atoms with Crippen molar-refractivity contribution in [2.75, 3.05) is 11.5 Å². The highest BCUT2D eigenvalue weighted by Gasteiger charge is 2.08. The molecular formula is C7H7ClN4O. The maximum absolute atomic E-state index is 5.59. The van der Waals surface area contributed by atoms with E-state index in [1.54, 1.807) is 6.07 Å². The van der Waals surface area contributed by atoms with Gasteiger partial charge in [-0.2, -0.15) is 9.97 Å². The van der Waals surface area contributed by atoms with E-state index in [9.17, 15) is 0 Å². The van der Waals surface area contributed by atoms with Gasteiger partial charge in [0.05, 0.1) is 11.3 Å². The summed E-state index contributed by atoms with van der Waals surface area (Å²) < 4.78 is 5.24. The molecule has 0 amide bonds. The minimum absolute atomic E-state index is 0.0977. The highest BCUT2D eigenvalue weighted by molar-refractivity contribution is 6.17. The number of nitrogens with two attached hydrogens (primary N) is 2. The van der Waals surface area contributed by atoms with E-state index in [1.807, 2.05) is 0 Å². The van der Waals surface area contributed by atoms with Gasteiger partial charge in [-0.15, -0.1) is 11.6 Å². The summed E-state index contributed by atoms with van der Waals surface area (Å²) >= 11 is 5.58. The summed E-state index contributed by atoms with van der Waals surface area (Å²) in [4.78, 5) is 7.66. The minimum Gasteiger partial charge on any atom is -0.441 e. The van der Waals surface area contributed by atoms with Gasteiger partial charge in [0.15, 0.2) is 0 Å². The summed E-state index contributed by atoms with van der Waals surface area (Å²) in [6.45, 7) is 0. The molecule has 0 aliphatic heterocycles. The molecule has 0 spiro atoms. The molecule has 0 bridgehead atoms. The maximum atomic E-state index is 5.59. The Morgan fingerprint density at radius 2 is 2.15 bits per heavy atom. The lowest BCUT2D eigenvalue weighted by Crippen LogP contribution is -1.98. The van der Waals surface area contributed by atoms with Crippen molar-refractivity contribution in [1.29, 1.82) is 0 Å². The van der Waals surface area contributed by atoms with Crippen LogP contribution in [0, 0.1) is 0 Å². The fourth-order valence-corrected chi connectivity index (χ4v) is 1.21. The number of fused-ring (bicyclic) bond motifs is 1. The summed E-state index contributed by atoms with van der Waals surface area (Å²) in [5.74, 6) is 1.28. The number of halogens is 1. The summed E-state index contributed by atoms with van der Waals surface area (Å²) in [5.41, 5.74) is 11.3. The number of rotatable bonds is 1. The second kappa shape index (κ2) is 2.77. The molecule has 0 fully saturated rings. The van der Waals surface area contributed by atoms with Crippen LogP contribution >= 0.6 is 11.6 Å². The fraction of sp³-hybridized carbons (Fsp3) is 0.143. The smallest absolute Gasteiger partial charge is 0.233 e. The number of hydrogen-bond donors (Lipinski definition) is 2. The molecule has 0 aliphatic carbocycles. The third-order valence-electron chi connectivity index (χ3n) is 1.62. The molecule has 68 valence electrons. The van der Waals surface area contributed by atoms with Crippen molar-refractivity contribution in [2.45, 2.75) is 5.88 Å². The van der Waals surface area contributed by atoms with Crippen LogP contribution in [0.4, 0.5) is 11.8 Å². The molecule has 2 heterocycles. The molecule has 4 N–H and O–H groups in total. The van der Waals surface area contributed by atoms with E-state index >= 15 is 0 Å². The Kier molecular flexibility index (Phi) is 1.73. The van der Waals surface area contributed by atoms with E-state index in [2.05, 4.69) is 9.97 Å². The van der Waals surface area contributed by atoms with Crippen molar-refractivity contribution in [1.82, 2.24) is 9.97 Å². The Labute approximate surface area is 78.7 Å². The fourth-order valence-electron chi connectivity index (χ4n) is 1.08. The Hall–Kier alpha value is -1.49. The maximum Gasteiger partial charge on any atom is 0.233 e. The standard InChI is InChI=1S/C7H7ClN4O/c8-2-3-1-4-5(9)11-7(10)12-6(4)13-3/h1H,2H2,(H4,9,10,11,12). The molecule has 0 saturated carbocycles. The van der Waals surface area contributed by atoms with E-state index in [4.69, 9.17) is 27.5 Å². The second-order valence-corrected chi connectivity index (χ2v) is 2.80. The molecule has 6 heteroatoms. The van der Waals surface area contributed by atoms with E-state index in [0.29, 0.717) is 22.7 Å². The van der Waals surface area contributed by atoms with Gasteiger partial charge in [-0.3, -0.25) is 0 Å². The van der Waals surface area contributed by atoms with Crippen LogP contribution in [0.5, 0.6) is 0 Å². The molecule has 0 saturated heterocycles. The molecule has 5 nitrogen and oxygen atoms in total. The molecule has 2 aromatic heterocycles. The Morgan fingerprint density at radius 3 is 2.85 bits per heavy atom. The van der Waals surface area contributed by atoms with Crippen LogP contribution in [0.3, 0.4) is 0 Å². The number of nitrogen functional groups attached to an aromatic ring is 2. The number of anilines is 2. The molecule has 2 aromatic rings. The molecular weight excluding hydrogens is 192 g/mol. The van der Waals surface area contributed by atoms with Crippen molar-refractivity contribution in [3.63, 3.8) is 0 Å². The quantitative estimate of drug-likeness (QED) is 0.671. The van der Waals surface area contributed by atoms with Crippen molar-refractivity contribution < 1.29 is 4.42 Å². The zero-order chi connectivity index (χ0) is 9.42. The number of nitrogens with zero attached hydrogens (tertiary/aromatic N) is 2. The van der Waals surface area contributed by atoms with Gasteiger partial charge in [0.25, 0.3) is 0 Å². The van der Waals surface area contributed by atoms with Gasteiger partial charge in [-0.25, -0.2) is 0 Å². The lowest BCUT2D eigenvalue weighted by atomic mass is 10.3. The van der Waals surface area contributed by atoms with Crippen LogP contribution in [0.2, 0.25) is 0 Å². The molecule has 2 rings (SSSR count). The van der Waals surface area contributed by atoms with Crippen LogP contribution in [0.25, 0.3) is 11.1 Å². The van der Waals surface area contributed by atoms with Gasteiger partial charge in [0.2, 0.25) is 11.7 Å². The highest BCUT2D eigenvalue weighted by atomic mass is 35.5. The lowest BCUT2D eigenvalue weighted by Gasteiger charge is -1.94. The highest BCUT2D eigenvalue weighted by Crippen LogP contribution is 2.23. The third-order valence-corrected chi connectivity index (χ3v) is 1.89. The van der Waals surface area contributed by atoms with Crippen LogP contribution in [-0.4, -0.2) is 9.97 Å². The Morgan fingerprint density at radius 1 is 1.38 bits per heavy atom. The van der Waals surface area contributed by atoms with Gasteiger partial charge in [0.1, 0.15) is 11.6 Å². The van der Waals surface area contributed by atoms with Gasteiger partial charge >= 0.3 is 0 Å². The zero-order valence-electron chi connectivity index (χ0n) is 6.62. The van der Waals surface area contributed by atoms with E-state index in [-0.39, 0.29) is 11.8 Å². The first-order valence-corrected chi connectivity index (χ1v) is 4.11. The summed E-state index contributed by atoms with van der Waals surface area (Å²) in [5, 5.41) is 0.643. The van der Waals surface area contributed by atoms with Crippen molar-refractivity contribution in [3.05, 3.63) is 11.8 Å². The molecule has 0 aliphatic rings. The number of aromatic nitrogens is 2. The van der Waals surface area contributed by atoms with Crippen LogP contribution < -0.4 is 11.5 Å². The molecule has 0 atom stereocenters. The van der Waals surface area contributed by atoms with E-state index in [0.717, 1.165) is 0 Å². The van der Waals surface area contributed by atoms with Gasteiger partial charge in [-0.05, 0) is 6.07 Å². The van der Waals surface area contributed by atoms with Crippen molar-refractivity contribution >= 4 is 34.5 Å². The average molecular weight is 199 g/mol. The number of hydrogen-bond acceptors (Lipinski definition) is 5. The van der Waals surface area contributed by atoms with E-state index < -0.39 is 0 Å². The lowest BCUT2D eigenvalue weighted by molar-refractivity contribution is 0.562. The summed E-state index contributed by atoms with van der Waals surface area (Å²) in [6.07, 6.45) is 0. The molecule has 13 heavy (non-hydrogen) atoms. The van der Waals surface area contributed by atoms with E-state index in [1.165, 1.54) is 0 Å². The zero-order valence-corrected chi connectivity index (χ0v) is 7.38. The first kappa shape index (κ1) is 8.12. The normalized spacial score (nSPS) is 10.8. The monoisotopic (exact) mass is 198 g/mol. The van der Waals surface area contributed by atoms with Crippen molar-refractivity contribution in [3.8, 4) is 0 Å². The second-order valence-electron chi connectivity index (χ2n) is 2.53. The van der Waals surface area contributed by atoms with Crippen molar-refractivity contribution in [2.24, 2.45) is 0 Å². The predicted octanol–water partition coefficient (Wildman–Crippen LogP) is 1.13. The molecule has 0 aromatic carbocycles. The van der Waals surface area contributed by atoms with Gasteiger partial charge in [-0.1, -0.05) is 0 Å². The first-order chi connectivity index (χ1) is 6.20. The van der Waals surface area contributed by atoms with Gasteiger partial charge in [0, 0.05) is 0 Å². The van der Waals surface area contributed by atoms with Crippen LogP contribution in [0.15, 0.2) is 10.5 Å². The SMILES string of the molecule is Nc1nc(N)c2cc(CCl)oc2n1. The van der Waals surface area contributed by atoms with Crippen LogP contribution in [0.1, 0.15) is 5.76 Å². The third kappa shape index (κ3) is 1.27. The predicted molar refractivity (Wildman–Crippen MR) is 50.2 cm³/mol. The first-order valence-electron chi connectivity index (χ1n) is 3.58. The number of alkyl halides is 1.